The van der Waals surface area contributed by atoms with Crippen molar-refractivity contribution in [3.05, 3.63) is 45.7 Å². The maximum Gasteiger partial charge on any atom is 0.122 e. The largest absolute Gasteiger partial charge is 0.306 e. The molecule has 2 aliphatic rings. The Morgan fingerprint density at radius 1 is 1.13 bits per heavy atom. The lowest BCUT2D eigenvalue weighted by atomic mass is 9.78. The van der Waals surface area contributed by atoms with Crippen molar-refractivity contribution < 1.29 is 0 Å². The first-order chi connectivity index (χ1) is 11.3. The predicted molar refractivity (Wildman–Crippen MR) is 87.2 cm³/mol. The highest BCUT2D eigenvalue weighted by molar-refractivity contribution is 5.60. The Kier molecular flexibility index (Phi) is 3.67. The summed E-state index contributed by atoms with van der Waals surface area (Å²) in [4.78, 5) is 26.7. The Hall–Kier alpha value is -2.11. The molecule has 0 aromatic carbocycles. The van der Waals surface area contributed by atoms with Crippen molar-refractivity contribution in [1.82, 2.24) is 9.38 Å². The molecule has 0 amide bonds. The minimum Gasteiger partial charge on any atom is -0.306 e. The molecule has 0 unspecified atom stereocenters. The summed E-state index contributed by atoms with van der Waals surface area (Å²) in [6.45, 7) is 0. The normalized spacial score (nSPS) is 26.1. The number of hydrogen-bond donors (Lipinski definition) is 0. The van der Waals surface area contributed by atoms with Gasteiger partial charge in [-0.25, -0.2) is 4.98 Å². The first-order valence-corrected chi connectivity index (χ1v) is 8.41. The van der Waals surface area contributed by atoms with E-state index < -0.39 is 0 Å². The van der Waals surface area contributed by atoms with Crippen LogP contribution in [0.4, 0.5) is 0 Å². The van der Waals surface area contributed by atoms with Crippen molar-refractivity contribution in [2.45, 2.75) is 56.5 Å². The Morgan fingerprint density at radius 3 is 2.57 bits per heavy atom. The van der Waals surface area contributed by atoms with Gasteiger partial charge in [-0.1, -0.05) is 10.4 Å². The smallest absolute Gasteiger partial charge is 0.122 e. The van der Waals surface area contributed by atoms with E-state index in [4.69, 9.17) is 0 Å². The summed E-state index contributed by atoms with van der Waals surface area (Å²) in [7, 11) is 0. The number of pyridine rings is 1. The average Bonchev–Trinajstić information content (AvgIpc) is 3.33. The van der Waals surface area contributed by atoms with E-state index in [2.05, 4.69) is 21.4 Å². The van der Waals surface area contributed by atoms with E-state index in [1.807, 2.05) is 16.8 Å². The third-order valence-corrected chi connectivity index (χ3v) is 5.43. The van der Waals surface area contributed by atoms with Gasteiger partial charge in [-0.2, -0.15) is 9.81 Å². The van der Waals surface area contributed by atoms with Crippen LogP contribution in [-0.4, -0.2) is 15.4 Å². The van der Waals surface area contributed by atoms with Crippen LogP contribution in [0.15, 0.2) is 35.1 Å². The van der Waals surface area contributed by atoms with Crippen LogP contribution < -0.4 is 0 Å². The van der Waals surface area contributed by atoms with Gasteiger partial charge in [0.15, 0.2) is 0 Å². The van der Waals surface area contributed by atoms with E-state index in [1.165, 1.54) is 18.4 Å². The maximum atomic E-state index is 11.8. The third-order valence-electron chi connectivity index (χ3n) is 5.43. The topological polar surface area (TPSA) is 76.2 Å². The molecule has 0 spiro atoms. The molecule has 0 saturated heterocycles. The molecule has 2 heterocycles. The van der Waals surface area contributed by atoms with Gasteiger partial charge >= 0.3 is 0 Å². The van der Waals surface area contributed by atoms with Gasteiger partial charge in [0, 0.05) is 11.8 Å². The number of hydrogen-bond acceptors (Lipinski definition) is 5. The van der Waals surface area contributed by atoms with E-state index in [1.54, 1.807) is 6.33 Å². The SMILES string of the molecule is O=NC1CCC([C@H](N=O)c2c(C3CC3)ccn3cncc23)CC1. The van der Waals surface area contributed by atoms with E-state index >= 15 is 0 Å². The van der Waals surface area contributed by atoms with Crippen molar-refractivity contribution in [2.24, 2.45) is 16.3 Å². The minimum atomic E-state index is -0.349. The van der Waals surface area contributed by atoms with Gasteiger partial charge in [0.2, 0.25) is 0 Å². The summed E-state index contributed by atoms with van der Waals surface area (Å²) >= 11 is 0. The molecule has 2 fully saturated rings. The maximum absolute atomic E-state index is 11.8. The van der Waals surface area contributed by atoms with Crippen molar-refractivity contribution in [3.63, 3.8) is 0 Å². The first-order valence-electron chi connectivity index (χ1n) is 8.41. The lowest BCUT2D eigenvalue weighted by Gasteiger charge is -2.29. The Bertz CT molecular complexity index is 729. The number of rotatable bonds is 5. The van der Waals surface area contributed by atoms with E-state index in [-0.39, 0.29) is 18.0 Å². The summed E-state index contributed by atoms with van der Waals surface area (Å²) in [6, 6.07) is 1.68. The fourth-order valence-corrected chi connectivity index (χ4v) is 4.00. The van der Waals surface area contributed by atoms with Gasteiger partial charge in [-0.15, -0.1) is 0 Å². The molecule has 23 heavy (non-hydrogen) atoms. The van der Waals surface area contributed by atoms with Crippen LogP contribution in [0.5, 0.6) is 0 Å². The molecule has 2 aliphatic carbocycles. The third kappa shape index (κ3) is 2.56. The van der Waals surface area contributed by atoms with Crippen LogP contribution in [0.25, 0.3) is 5.52 Å². The van der Waals surface area contributed by atoms with Crippen molar-refractivity contribution in [3.8, 4) is 0 Å². The summed E-state index contributed by atoms with van der Waals surface area (Å²) < 4.78 is 1.97. The molecule has 2 aromatic heterocycles. The molecule has 0 aliphatic heterocycles. The van der Waals surface area contributed by atoms with Crippen molar-refractivity contribution in [2.75, 3.05) is 0 Å². The summed E-state index contributed by atoms with van der Waals surface area (Å²) in [6.07, 6.45) is 11.2. The van der Waals surface area contributed by atoms with Gasteiger partial charge in [-0.3, -0.25) is 0 Å². The number of nitrogens with zero attached hydrogens (tertiary/aromatic N) is 4. The zero-order valence-corrected chi connectivity index (χ0v) is 13.0. The Labute approximate surface area is 134 Å². The Morgan fingerprint density at radius 2 is 1.91 bits per heavy atom. The van der Waals surface area contributed by atoms with Crippen LogP contribution in [0.1, 0.15) is 61.6 Å². The second-order valence-corrected chi connectivity index (χ2v) is 6.87. The molecule has 4 rings (SSSR count). The number of aromatic nitrogens is 2. The average molecular weight is 312 g/mol. The molecule has 0 bridgehead atoms. The van der Waals surface area contributed by atoms with Crippen LogP contribution in [0, 0.1) is 15.7 Å². The van der Waals surface area contributed by atoms with Crippen LogP contribution in [0.3, 0.4) is 0 Å². The number of imidazole rings is 1. The minimum absolute atomic E-state index is 0.0905. The van der Waals surface area contributed by atoms with Crippen molar-refractivity contribution in [1.29, 1.82) is 0 Å². The molecule has 1 atom stereocenters. The van der Waals surface area contributed by atoms with Gasteiger partial charge in [0.25, 0.3) is 0 Å². The molecule has 2 aromatic rings. The van der Waals surface area contributed by atoms with E-state index in [0.29, 0.717) is 5.92 Å². The highest BCUT2D eigenvalue weighted by Crippen LogP contribution is 2.47. The summed E-state index contributed by atoms with van der Waals surface area (Å²) in [5.41, 5.74) is 3.32. The van der Waals surface area contributed by atoms with Crippen LogP contribution in [0.2, 0.25) is 0 Å². The second kappa shape index (κ2) is 5.83. The lowest BCUT2D eigenvalue weighted by Crippen LogP contribution is -2.22. The molecule has 2 saturated carbocycles. The fourth-order valence-electron chi connectivity index (χ4n) is 4.00. The quantitative estimate of drug-likeness (QED) is 0.770. The molecule has 0 N–H and O–H groups in total. The highest BCUT2D eigenvalue weighted by atomic mass is 16.3. The van der Waals surface area contributed by atoms with Crippen molar-refractivity contribution >= 4 is 5.52 Å². The van der Waals surface area contributed by atoms with Gasteiger partial charge in [-0.05, 0) is 62.0 Å². The monoisotopic (exact) mass is 312 g/mol. The summed E-state index contributed by atoms with van der Waals surface area (Å²) in [5.74, 6) is 0.756. The molecular formula is C17H20N4O2. The number of nitroso groups, excluding NO2 is 2. The first kappa shape index (κ1) is 14.5. The zero-order chi connectivity index (χ0) is 15.8. The van der Waals surface area contributed by atoms with Crippen LogP contribution in [-0.2, 0) is 0 Å². The fraction of sp³-hybridized carbons (Fsp3) is 0.588. The van der Waals surface area contributed by atoms with Gasteiger partial charge in [0.05, 0.1) is 24.1 Å². The molecule has 0 radical (unpaired) electrons. The predicted octanol–water partition coefficient (Wildman–Crippen LogP) is 4.34. The molecule has 120 valence electrons. The van der Waals surface area contributed by atoms with E-state index in [9.17, 15) is 9.81 Å². The zero-order valence-electron chi connectivity index (χ0n) is 13.0. The molecule has 6 heteroatoms. The summed E-state index contributed by atoms with van der Waals surface area (Å²) in [5, 5.41) is 6.70. The van der Waals surface area contributed by atoms with Gasteiger partial charge < -0.3 is 4.40 Å². The second-order valence-electron chi connectivity index (χ2n) is 6.87. The van der Waals surface area contributed by atoms with Gasteiger partial charge in [0.1, 0.15) is 6.04 Å². The number of fused-ring (bicyclic) bond motifs is 1. The Balaban J connectivity index is 1.73. The van der Waals surface area contributed by atoms with E-state index in [0.717, 1.165) is 36.8 Å². The molecule has 6 nitrogen and oxygen atoms in total. The van der Waals surface area contributed by atoms with Crippen LogP contribution >= 0.6 is 0 Å². The molecular weight excluding hydrogens is 292 g/mol. The lowest BCUT2D eigenvalue weighted by molar-refractivity contribution is 0.285. The highest BCUT2D eigenvalue weighted by Gasteiger charge is 2.36. The standard InChI is InChI=1S/C17H20N4O2/c22-19-13-5-3-12(4-6-13)17(20-23)16-14(11-1-2-11)7-8-21-10-18-9-15(16)21/h7-13,17H,1-6H2/t12?,13?,17-/m0/s1.